The molecule has 4 N–H and O–H groups in total. The molecule has 0 amide bonds. The second kappa shape index (κ2) is 5.22. The molecule has 0 radical (unpaired) electrons. The SMILES string of the molecule is CC(Nc1ncc(N)cc1C(=O)O)C1CCOC1. The molecule has 1 aromatic heterocycles. The van der Waals surface area contributed by atoms with Crippen LogP contribution in [0.15, 0.2) is 12.3 Å². The molecule has 1 aromatic rings. The third kappa shape index (κ3) is 2.70. The molecule has 0 saturated carbocycles. The number of hydrogen-bond acceptors (Lipinski definition) is 5. The number of hydrogen-bond donors (Lipinski definition) is 3. The Hall–Kier alpha value is -1.82. The molecule has 1 saturated heterocycles. The highest BCUT2D eigenvalue weighted by Gasteiger charge is 2.24. The van der Waals surface area contributed by atoms with Crippen LogP contribution in [0.2, 0.25) is 0 Å². The quantitative estimate of drug-likeness (QED) is 0.744. The van der Waals surface area contributed by atoms with Gasteiger partial charge in [-0.25, -0.2) is 9.78 Å². The van der Waals surface area contributed by atoms with E-state index in [1.54, 1.807) is 0 Å². The Morgan fingerprint density at radius 3 is 3.11 bits per heavy atom. The molecule has 18 heavy (non-hydrogen) atoms. The number of anilines is 2. The molecule has 0 bridgehead atoms. The van der Waals surface area contributed by atoms with Crippen molar-refractivity contribution in [3.8, 4) is 0 Å². The summed E-state index contributed by atoms with van der Waals surface area (Å²) in [7, 11) is 0. The first-order valence-corrected chi connectivity index (χ1v) is 5.91. The first kappa shape index (κ1) is 12.6. The van der Waals surface area contributed by atoms with Crippen LogP contribution >= 0.6 is 0 Å². The van der Waals surface area contributed by atoms with Gasteiger partial charge in [-0.15, -0.1) is 0 Å². The molecular weight excluding hydrogens is 234 g/mol. The van der Waals surface area contributed by atoms with Gasteiger partial charge in [0.1, 0.15) is 11.4 Å². The van der Waals surface area contributed by atoms with Crippen LogP contribution in [0.5, 0.6) is 0 Å². The maximum Gasteiger partial charge on any atom is 0.339 e. The fraction of sp³-hybridized carbons (Fsp3) is 0.500. The zero-order valence-corrected chi connectivity index (χ0v) is 10.2. The van der Waals surface area contributed by atoms with E-state index < -0.39 is 5.97 Å². The minimum Gasteiger partial charge on any atom is -0.478 e. The number of carboxylic acids is 1. The number of nitrogens with zero attached hydrogens (tertiary/aromatic N) is 1. The molecule has 0 aliphatic carbocycles. The Morgan fingerprint density at radius 2 is 2.50 bits per heavy atom. The lowest BCUT2D eigenvalue weighted by molar-refractivity contribution is 0.0697. The second-order valence-electron chi connectivity index (χ2n) is 4.53. The molecule has 1 fully saturated rings. The number of aromatic carboxylic acids is 1. The number of aromatic nitrogens is 1. The number of rotatable bonds is 4. The highest BCUT2D eigenvalue weighted by molar-refractivity contribution is 5.94. The van der Waals surface area contributed by atoms with Gasteiger partial charge in [0.2, 0.25) is 0 Å². The van der Waals surface area contributed by atoms with Crippen molar-refractivity contribution in [1.29, 1.82) is 0 Å². The summed E-state index contributed by atoms with van der Waals surface area (Å²) < 4.78 is 5.32. The number of carboxylic acid groups (broad SMARTS) is 1. The predicted molar refractivity (Wildman–Crippen MR) is 67.6 cm³/mol. The fourth-order valence-electron chi connectivity index (χ4n) is 2.04. The van der Waals surface area contributed by atoms with Gasteiger partial charge >= 0.3 is 5.97 Å². The van der Waals surface area contributed by atoms with Gasteiger partial charge in [0, 0.05) is 18.6 Å². The van der Waals surface area contributed by atoms with Crippen molar-refractivity contribution in [1.82, 2.24) is 4.98 Å². The fourth-order valence-corrected chi connectivity index (χ4v) is 2.04. The lowest BCUT2D eigenvalue weighted by atomic mass is 10.0. The topological polar surface area (TPSA) is 97.5 Å². The molecule has 1 aliphatic rings. The molecule has 2 atom stereocenters. The number of pyridine rings is 1. The summed E-state index contributed by atoms with van der Waals surface area (Å²) in [5.41, 5.74) is 5.98. The van der Waals surface area contributed by atoms with Crippen LogP contribution < -0.4 is 11.1 Å². The highest BCUT2D eigenvalue weighted by atomic mass is 16.5. The molecule has 6 nitrogen and oxygen atoms in total. The van der Waals surface area contributed by atoms with Crippen LogP contribution in [0, 0.1) is 5.92 Å². The largest absolute Gasteiger partial charge is 0.478 e. The van der Waals surface area contributed by atoms with Crippen molar-refractivity contribution in [2.45, 2.75) is 19.4 Å². The summed E-state index contributed by atoms with van der Waals surface area (Å²) in [6.45, 7) is 3.46. The summed E-state index contributed by atoms with van der Waals surface area (Å²) in [6.07, 6.45) is 2.43. The second-order valence-corrected chi connectivity index (χ2v) is 4.53. The van der Waals surface area contributed by atoms with Crippen LogP contribution in [0.4, 0.5) is 11.5 Å². The Labute approximate surface area is 105 Å². The van der Waals surface area contributed by atoms with Crippen molar-refractivity contribution >= 4 is 17.5 Å². The molecule has 6 heteroatoms. The third-order valence-corrected chi connectivity index (χ3v) is 3.18. The van der Waals surface area contributed by atoms with E-state index in [9.17, 15) is 4.79 Å². The van der Waals surface area contributed by atoms with Gasteiger partial charge in [0.25, 0.3) is 0 Å². The van der Waals surface area contributed by atoms with E-state index >= 15 is 0 Å². The summed E-state index contributed by atoms with van der Waals surface area (Å²) in [5.74, 6) is -0.297. The minimum atomic E-state index is -1.04. The van der Waals surface area contributed by atoms with Crippen molar-refractivity contribution in [3.05, 3.63) is 17.8 Å². The van der Waals surface area contributed by atoms with E-state index in [1.807, 2.05) is 6.92 Å². The molecular formula is C12H17N3O3. The molecule has 0 spiro atoms. The van der Waals surface area contributed by atoms with Crippen LogP contribution in [0.3, 0.4) is 0 Å². The normalized spacial score (nSPS) is 20.6. The number of carbonyl (C=O) groups is 1. The summed E-state index contributed by atoms with van der Waals surface area (Å²) in [5, 5.41) is 12.2. The van der Waals surface area contributed by atoms with Gasteiger partial charge < -0.3 is 20.9 Å². The molecule has 2 unspecified atom stereocenters. The van der Waals surface area contributed by atoms with Gasteiger partial charge in [0.05, 0.1) is 18.5 Å². The van der Waals surface area contributed by atoms with E-state index in [-0.39, 0.29) is 11.6 Å². The number of nitrogens with two attached hydrogens (primary N) is 1. The van der Waals surface area contributed by atoms with Crippen LogP contribution in [-0.4, -0.2) is 35.3 Å². The van der Waals surface area contributed by atoms with E-state index in [1.165, 1.54) is 12.3 Å². The van der Waals surface area contributed by atoms with Crippen molar-refractivity contribution < 1.29 is 14.6 Å². The predicted octanol–water partition coefficient (Wildman–Crippen LogP) is 1.20. The number of ether oxygens (including phenoxy) is 1. The number of nitrogen functional groups attached to an aromatic ring is 1. The zero-order valence-electron chi connectivity index (χ0n) is 10.2. The monoisotopic (exact) mass is 251 g/mol. The maximum absolute atomic E-state index is 11.1. The van der Waals surface area contributed by atoms with E-state index in [2.05, 4.69) is 10.3 Å². The number of nitrogens with one attached hydrogen (secondary N) is 1. The smallest absolute Gasteiger partial charge is 0.339 e. The summed E-state index contributed by atoms with van der Waals surface area (Å²) in [6, 6.07) is 1.52. The summed E-state index contributed by atoms with van der Waals surface area (Å²) in [4.78, 5) is 15.2. The van der Waals surface area contributed by atoms with Gasteiger partial charge in [-0.2, -0.15) is 0 Å². The standard InChI is InChI=1S/C12H17N3O3/c1-7(8-2-3-18-6-8)15-11-10(12(16)17)4-9(13)5-14-11/h4-5,7-8H,2-3,6,13H2,1H3,(H,14,15)(H,16,17). The Morgan fingerprint density at radius 1 is 1.72 bits per heavy atom. The van der Waals surface area contributed by atoms with E-state index in [0.29, 0.717) is 24.0 Å². The molecule has 98 valence electrons. The third-order valence-electron chi connectivity index (χ3n) is 3.18. The molecule has 2 rings (SSSR count). The Kier molecular flexibility index (Phi) is 3.66. The Balaban J connectivity index is 2.15. The van der Waals surface area contributed by atoms with Crippen molar-refractivity contribution in [2.75, 3.05) is 24.3 Å². The first-order valence-electron chi connectivity index (χ1n) is 5.91. The van der Waals surface area contributed by atoms with E-state index in [4.69, 9.17) is 15.6 Å². The maximum atomic E-state index is 11.1. The Bertz CT molecular complexity index is 444. The van der Waals surface area contributed by atoms with Crippen molar-refractivity contribution in [3.63, 3.8) is 0 Å². The zero-order chi connectivity index (χ0) is 13.1. The lowest BCUT2D eigenvalue weighted by Gasteiger charge is -2.20. The minimum absolute atomic E-state index is 0.0979. The summed E-state index contributed by atoms with van der Waals surface area (Å²) >= 11 is 0. The average molecular weight is 251 g/mol. The van der Waals surface area contributed by atoms with Crippen LogP contribution in [0.25, 0.3) is 0 Å². The molecule has 0 aromatic carbocycles. The van der Waals surface area contributed by atoms with Crippen LogP contribution in [-0.2, 0) is 4.74 Å². The highest BCUT2D eigenvalue weighted by Crippen LogP contribution is 2.22. The lowest BCUT2D eigenvalue weighted by Crippen LogP contribution is -2.27. The molecule has 1 aliphatic heterocycles. The van der Waals surface area contributed by atoms with Gasteiger partial charge in [0.15, 0.2) is 0 Å². The van der Waals surface area contributed by atoms with Gasteiger partial charge in [-0.3, -0.25) is 0 Å². The van der Waals surface area contributed by atoms with Gasteiger partial charge in [-0.05, 0) is 19.4 Å². The van der Waals surface area contributed by atoms with Gasteiger partial charge in [-0.1, -0.05) is 0 Å². The van der Waals surface area contributed by atoms with E-state index in [0.717, 1.165) is 13.0 Å². The van der Waals surface area contributed by atoms with Crippen molar-refractivity contribution in [2.24, 2.45) is 5.92 Å². The van der Waals surface area contributed by atoms with Crippen LogP contribution in [0.1, 0.15) is 23.7 Å². The average Bonchev–Trinajstić information content (AvgIpc) is 2.84. The first-order chi connectivity index (χ1) is 8.58. The molecule has 2 heterocycles.